The first kappa shape index (κ1) is 10.2. The number of nitrogens with zero attached hydrogens (tertiary/aromatic N) is 2. The Hall–Kier alpha value is -1.97. The third-order valence-corrected chi connectivity index (χ3v) is 3.39. The Kier molecular flexibility index (Phi) is 2.28. The fourth-order valence-electron chi connectivity index (χ4n) is 2.35. The van der Waals surface area contributed by atoms with E-state index < -0.39 is 0 Å². The molecule has 0 bridgehead atoms. The first-order valence-corrected chi connectivity index (χ1v) is 5.88. The second-order valence-electron chi connectivity index (χ2n) is 4.51. The largest absolute Gasteiger partial charge is 0.399 e. The maximum atomic E-state index is 5.98. The summed E-state index contributed by atoms with van der Waals surface area (Å²) in [4.78, 5) is 4.29. The van der Waals surface area contributed by atoms with E-state index in [1.165, 1.54) is 5.56 Å². The van der Waals surface area contributed by atoms with Crippen molar-refractivity contribution < 1.29 is 0 Å². The number of nitrogens with two attached hydrogens (primary N) is 1. The summed E-state index contributed by atoms with van der Waals surface area (Å²) in [6, 6.07) is 6.67. The van der Waals surface area contributed by atoms with Crippen LogP contribution in [0.1, 0.15) is 23.6 Å². The molecule has 1 atom stereocenters. The number of aromatic nitrogens is 2. The highest BCUT2D eigenvalue weighted by Crippen LogP contribution is 2.30. The predicted molar refractivity (Wildman–Crippen MR) is 69.1 cm³/mol. The maximum absolute atomic E-state index is 5.98. The normalized spacial score (nSPS) is 18.5. The van der Waals surface area contributed by atoms with Crippen LogP contribution in [0.5, 0.6) is 0 Å². The number of aryl methyl sites for hydroxylation is 1. The molecule has 2 heterocycles. The summed E-state index contributed by atoms with van der Waals surface area (Å²) < 4.78 is 2.17. The van der Waals surface area contributed by atoms with Crippen LogP contribution in [0, 0.1) is 6.92 Å². The Bertz CT molecular complexity index is 544. The van der Waals surface area contributed by atoms with Crippen LogP contribution >= 0.6 is 0 Å². The Labute approximate surface area is 100 Å². The molecule has 1 unspecified atom stereocenters. The number of fused-ring (bicyclic) bond motifs is 1. The lowest BCUT2D eigenvalue weighted by Crippen LogP contribution is -2.23. The highest BCUT2D eigenvalue weighted by Gasteiger charge is 2.21. The van der Waals surface area contributed by atoms with Crippen LogP contribution in [0.3, 0.4) is 0 Å². The molecular weight excluding hydrogens is 212 g/mol. The lowest BCUT2D eigenvalue weighted by molar-refractivity contribution is 0.530. The van der Waals surface area contributed by atoms with Crippen molar-refractivity contribution in [2.45, 2.75) is 19.4 Å². The number of nitrogen functional groups attached to an aromatic ring is 1. The molecule has 0 radical (unpaired) electrons. The highest BCUT2D eigenvalue weighted by molar-refractivity contribution is 5.49. The van der Waals surface area contributed by atoms with E-state index in [0.717, 1.165) is 30.2 Å². The van der Waals surface area contributed by atoms with Crippen molar-refractivity contribution in [2.24, 2.45) is 0 Å². The van der Waals surface area contributed by atoms with E-state index in [-0.39, 0.29) is 0 Å². The van der Waals surface area contributed by atoms with Crippen molar-refractivity contribution in [3.05, 3.63) is 41.7 Å². The average molecular weight is 228 g/mol. The Balaban J connectivity index is 2.03. The quantitative estimate of drug-likeness (QED) is 0.735. The van der Waals surface area contributed by atoms with Gasteiger partial charge in [0.05, 0.1) is 6.04 Å². The number of rotatable bonds is 1. The van der Waals surface area contributed by atoms with Gasteiger partial charge in [0, 0.05) is 24.6 Å². The summed E-state index contributed by atoms with van der Waals surface area (Å²) in [6.07, 6.45) is 4.91. The molecule has 0 saturated heterocycles. The van der Waals surface area contributed by atoms with Crippen molar-refractivity contribution in [3.8, 4) is 0 Å². The van der Waals surface area contributed by atoms with Crippen LogP contribution in [0.2, 0.25) is 0 Å². The molecule has 0 amide bonds. The van der Waals surface area contributed by atoms with Gasteiger partial charge in [-0.3, -0.25) is 0 Å². The molecule has 3 rings (SSSR count). The standard InChI is InChI=1S/C13H16N4/c1-9-2-3-10(8-11(9)14)12-4-5-15-13-16-6-7-17(12)13/h2-3,6-8,12H,4-5,14H2,1H3,(H,15,16). The number of benzene rings is 1. The zero-order chi connectivity index (χ0) is 11.8. The third-order valence-electron chi connectivity index (χ3n) is 3.39. The summed E-state index contributed by atoms with van der Waals surface area (Å²) in [5.74, 6) is 0.945. The summed E-state index contributed by atoms with van der Waals surface area (Å²) in [6.45, 7) is 2.99. The van der Waals surface area contributed by atoms with E-state index >= 15 is 0 Å². The topological polar surface area (TPSA) is 55.9 Å². The summed E-state index contributed by atoms with van der Waals surface area (Å²) in [5.41, 5.74) is 9.24. The van der Waals surface area contributed by atoms with Gasteiger partial charge in [-0.1, -0.05) is 12.1 Å². The second-order valence-corrected chi connectivity index (χ2v) is 4.51. The fraction of sp³-hybridized carbons (Fsp3) is 0.308. The summed E-state index contributed by atoms with van der Waals surface area (Å²) >= 11 is 0. The van der Waals surface area contributed by atoms with Crippen molar-refractivity contribution >= 4 is 11.6 Å². The zero-order valence-electron chi connectivity index (χ0n) is 9.85. The zero-order valence-corrected chi connectivity index (χ0v) is 9.85. The number of imidazole rings is 1. The molecule has 1 aliphatic rings. The van der Waals surface area contributed by atoms with Crippen molar-refractivity contribution in [2.75, 3.05) is 17.6 Å². The molecule has 1 aliphatic heterocycles. The smallest absolute Gasteiger partial charge is 0.203 e. The average Bonchev–Trinajstić information content (AvgIpc) is 2.80. The molecule has 0 spiro atoms. The third kappa shape index (κ3) is 1.65. The van der Waals surface area contributed by atoms with Gasteiger partial charge >= 0.3 is 0 Å². The van der Waals surface area contributed by atoms with Crippen LogP contribution < -0.4 is 11.1 Å². The maximum Gasteiger partial charge on any atom is 0.203 e. The first-order chi connectivity index (χ1) is 8.25. The van der Waals surface area contributed by atoms with Crippen LogP contribution in [0.4, 0.5) is 11.6 Å². The SMILES string of the molecule is Cc1ccc(C2CCNc3nccn32)cc1N. The lowest BCUT2D eigenvalue weighted by atomic mass is 10.00. The van der Waals surface area contributed by atoms with E-state index in [2.05, 4.69) is 33.1 Å². The molecule has 17 heavy (non-hydrogen) atoms. The molecule has 4 nitrogen and oxygen atoms in total. The second kappa shape index (κ2) is 3.80. The molecule has 0 fully saturated rings. The van der Waals surface area contributed by atoms with E-state index in [0.29, 0.717) is 6.04 Å². The van der Waals surface area contributed by atoms with E-state index in [4.69, 9.17) is 5.73 Å². The molecule has 88 valence electrons. The molecule has 3 N–H and O–H groups in total. The van der Waals surface area contributed by atoms with Crippen LogP contribution in [-0.2, 0) is 0 Å². The van der Waals surface area contributed by atoms with Gasteiger partial charge in [-0.05, 0) is 30.5 Å². The minimum atomic E-state index is 0.344. The summed E-state index contributed by atoms with van der Waals surface area (Å²) in [5, 5.41) is 3.29. The van der Waals surface area contributed by atoms with Gasteiger partial charge in [-0.2, -0.15) is 0 Å². The fourth-order valence-corrected chi connectivity index (χ4v) is 2.35. The van der Waals surface area contributed by atoms with Crippen LogP contribution in [0.15, 0.2) is 30.6 Å². The molecule has 0 aliphatic carbocycles. The molecule has 1 aromatic carbocycles. The van der Waals surface area contributed by atoms with Gasteiger partial charge in [0.15, 0.2) is 0 Å². The summed E-state index contributed by atoms with van der Waals surface area (Å²) in [7, 11) is 0. The molecule has 4 heteroatoms. The number of hydrogen-bond acceptors (Lipinski definition) is 3. The van der Waals surface area contributed by atoms with Crippen LogP contribution in [0.25, 0.3) is 0 Å². The van der Waals surface area contributed by atoms with Gasteiger partial charge in [0.25, 0.3) is 0 Å². The van der Waals surface area contributed by atoms with E-state index in [1.54, 1.807) is 0 Å². The van der Waals surface area contributed by atoms with Crippen molar-refractivity contribution in [3.63, 3.8) is 0 Å². The molecule has 0 saturated carbocycles. The van der Waals surface area contributed by atoms with Gasteiger partial charge in [0.2, 0.25) is 5.95 Å². The Morgan fingerprint density at radius 1 is 1.47 bits per heavy atom. The van der Waals surface area contributed by atoms with Gasteiger partial charge in [-0.15, -0.1) is 0 Å². The van der Waals surface area contributed by atoms with Gasteiger partial charge in [-0.25, -0.2) is 4.98 Å². The molecule has 2 aromatic rings. The number of nitrogens with one attached hydrogen (secondary N) is 1. The molecular formula is C13H16N4. The monoisotopic (exact) mass is 228 g/mol. The van der Waals surface area contributed by atoms with Gasteiger partial charge in [0.1, 0.15) is 0 Å². The lowest BCUT2D eigenvalue weighted by Gasteiger charge is -2.26. The molecule has 1 aromatic heterocycles. The van der Waals surface area contributed by atoms with Crippen molar-refractivity contribution in [1.29, 1.82) is 0 Å². The number of anilines is 2. The minimum absolute atomic E-state index is 0.344. The Morgan fingerprint density at radius 3 is 3.18 bits per heavy atom. The minimum Gasteiger partial charge on any atom is -0.399 e. The van der Waals surface area contributed by atoms with Crippen LogP contribution in [-0.4, -0.2) is 16.1 Å². The van der Waals surface area contributed by atoms with Crippen molar-refractivity contribution in [1.82, 2.24) is 9.55 Å². The number of hydrogen-bond donors (Lipinski definition) is 2. The van der Waals surface area contributed by atoms with E-state index in [9.17, 15) is 0 Å². The van der Waals surface area contributed by atoms with Gasteiger partial charge < -0.3 is 15.6 Å². The Morgan fingerprint density at radius 2 is 2.35 bits per heavy atom. The van der Waals surface area contributed by atoms with E-state index in [1.807, 2.05) is 19.3 Å². The predicted octanol–water partition coefficient (Wildman–Crippen LogP) is 2.18. The first-order valence-electron chi connectivity index (χ1n) is 5.88. The highest BCUT2D eigenvalue weighted by atomic mass is 15.2.